The normalized spacial score (nSPS) is 18.4. The third-order valence-corrected chi connectivity index (χ3v) is 3.72. The van der Waals surface area contributed by atoms with Crippen molar-refractivity contribution < 1.29 is 9.53 Å². The van der Waals surface area contributed by atoms with Gasteiger partial charge in [0, 0.05) is 25.6 Å². The highest BCUT2D eigenvalue weighted by Gasteiger charge is 2.19. The Labute approximate surface area is 118 Å². The van der Waals surface area contributed by atoms with Gasteiger partial charge in [-0.2, -0.15) is 0 Å². The first-order valence-corrected chi connectivity index (χ1v) is 6.95. The topological polar surface area (TPSA) is 42.4 Å². The SMILES string of the molecule is CN(CC1CCCO1)c1nc2ccccc2cc1C=O. The van der Waals surface area contributed by atoms with Crippen molar-refractivity contribution >= 4 is 23.0 Å². The molecule has 1 fully saturated rings. The lowest BCUT2D eigenvalue weighted by Crippen LogP contribution is -2.30. The summed E-state index contributed by atoms with van der Waals surface area (Å²) in [6.07, 6.45) is 3.31. The second-order valence-corrected chi connectivity index (χ2v) is 5.23. The van der Waals surface area contributed by atoms with Crippen molar-refractivity contribution in [1.82, 2.24) is 4.98 Å². The lowest BCUT2D eigenvalue weighted by molar-refractivity contribution is 0.111. The Bertz CT molecular complexity index is 621. The van der Waals surface area contributed by atoms with Gasteiger partial charge in [-0.05, 0) is 25.0 Å². The number of nitrogens with zero attached hydrogens (tertiary/aromatic N) is 2. The van der Waals surface area contributed by atoms with E-state index in [0.717, 1.165) is 49.0 Å². The van der Waals surface area contributed by atoms with Crippen LogP contribution in [0, 0.1) is 0 Å². The van der Waals surface area contributed by atoms with Crippen LogP contribution >= 0.6 is 0 Å². The molecule has 1 aliphatic rings. The van der Waals surface area contributed by atoms with Crippen LogP contribution in [0.1, 0.15) is 23.2 Å². The molecule has 0 amide bonds. The number of fused-ring (bicyclic) bond motifs is 1. The zero-order valence-corrected chi connectivity index (χ0v) is 11.6. The van der Waals surface area contributed by atoms with Crippen LogP contribution in [-0.4, -0.2) is 37.6 Å². The molecule has 0 saturated carbocycles. The molecule has 0 radical (unpaired) electrons. The molecule has 104 valence electrons. The van der Waals surface area contributed by atoms with Gasteiger partial charge in [0.1, 0.15) is 5.82 Å². The van der Waals surface area contributed by atoms with E-state index in [-0.39, 0.29) is 6.10 Å². The van der Waals surface area contributed by atoms with Gasteiger partial charge < -0.3 is 9.64 Å². The van der Waals surface area contributed by atoms with Crippen LogP contribution in [-0.2, 0) is 4.74 Å². The summed E-state index contributed by atoms with van der Waals surface area (Å²) in [6.45, 7) is 1.61. The number of ether oxygens (including phenoxy) is 1. The molecule has 1 saturated heterocycles. The molecule has 1 unspecified atom stereocenters. The highest BCUT2D eigenvalue weighted by molar-refractivity contribution is 5.91. The molecule has 0 N–H and O–H groups in total. The third kappa shape index (κ3) is 2.51. The van der Waals surface area contributed by atoms with Crippen LogP contribution < -0.4 is 4.90 Å². The van der Waals surface area contributed by atoms with E-state index >= 15 is 0 Å². The molecule has 4 nitrogen and oxygen atoms in total. The molecule has 20 heavy (non-hydrogen) atoms. The number of benzene rings is 1. The predicted molar refractivity (Wildman–Crippen MR) is 79.4 cm³/mol. The molecule has 1 aromatic heterocycles. The van der Waals surface area contributed by atoms with Crippen molar-refractivity contribution in [2.24, 2.45) is 0 Å². The largest absolute Gasteiger partial charge is 0.376 e. The Morgan fingerprint density at radius 2 is 2.30 bits per heavy atom. The molecule has 0 bridgehead atoms. The first-order chi connectivity index (χ1) is 9.78. The van der Waals surface area contributed by atoms with Gasteiger partial charge in [-0.15, -0.1) is 0 Å². The number of aromatic nitrogens is 1. The van der Waals surface area contributed by atoms with Crippen molar-refractivity contribution in [3.8, 4) is 0 Å². The van der Waals surface area contributed by atoms with Crippen LogP contribution in [0.3, 0.4) is 0 Å². The third-order valence-electron chi connectivity index (χ3n) is 3.72. The monoisotopic (exact) mass is 270 g/mol. The number of anilines is 1. The number of aldehydes is 1. The molecule has 0 spiro atoms. The average Bonchev–Trinajstić information content (AvgIpc) is 2.98. The minimum absolute atomic E-state index is 0.243. The maximum atomic E-state index is 11.3. The molecule has 3 rings (SSSR count). The van der Waals surface area contributed by atoms with E-state index in [9.17, 15) is 4.79 Å². The fraction of sp³-hybridized carbons (Fsp3) is 0.375. The number of para-hydroxylation sites is 1. The zero-order chi connectivity index (χ0) is 13.9. The van der Waals surface area contributed by atoms with Gasteiger partial charge >= 0.3 is 0 Å². The molecule has 1 aromatic carbocycles. The van der Waals surface area contributed by atoms with Crippen molar-refractivity contribution in [3.63, 3.8) is 0 Å². The number of hydrogen-bond donors (Lipinski definition) is 0. The van der Waals surface area contributed by atoms with Crippen molar-refractivity contribution in [3.05, 3.63) is 35.9 Å². The first kappa shape index (κ1) is 13.1. The Balaban J connectivity index is 1.93. The van der Waals surface area contributed by atoms with Crippen LogP contribution in [0.25, 0.3) is 10.9 Å². The lowest BCUT2D eigenvalue weighted by Gasteiger charge is -2.23. The highest BCUT2D eigenvalue weighted by atomic mass is 16.5. The fourth-order valence-electron chi connectivity index (χ4n) is 2.69. The van der Waals surface area contributed by atoms with Gasteiger partial charge in [0.15, 0.2) is 6.29 Å². The van der Waals surface area contributed by atoms with Crippen molar-refractivity contribution in [1.29, 1.82) is 0 Å². The molecular weight excluding hydrogens is 252 g/mol. The van der Waals surface area contributed by atoms with Crippen LogP contribution in [0.15, 0.2) is 30.3 Å². The van der Waals surface area contributed by atoms with E-state index in [4.69, 9.17) is 4.74 Å². The van der Waals surface area contributed by atoms with Gasteiger partial charge in [-0.1, -0.05) is 18.2 Å². The van der Waals surface area contributed by atoms with E-state index in [1.165, 1.54) is 0 Å². The molecule has 1 atom stereocenters. The summed E-state index contributed by atoms with van der Waals surface area (Å²) >= 11 is 0. The summed E-state index contributed by atoms with van der Waals surface area (Å²) < 4.78 is 5.65. The Morgan fingerprint density at radius 1 is 1.45 bits per heavy atom. The molecule has 0 aliphatic carbocycles. The number of carbonyl (C=O) groups excluding carboxylic acids is 1. The van der Waals surface area contributed by atoms with Gasteiger partial charge in [-0.3, -0.25) is 4.79 Å². The maximum Gasteiger partial charge on any atom is 0.153 e. The second kappa shape index (κ2) is 5.59. The average molecular weight is 270 g/mol. The number of pyridine rings is 1. The predicted octanol–water partition coefficient (Wildman–Crippen LogP) is 2.66. The summed E-state index contributed by atoms with van der Waals surface area (Å²) in [6, 6.07) is 9.75. The number of likely N-dealkylation sites (N-methyl/N-ethyl adjacent to an activating group) is 1. The molecule has 2 heterocycles. The molecule has 4 heteroatoms. The van der Waals surface area contributed by atoms with E-state index in [0.29, 0.717) is 5.56 Å². The fourth-order valence-corrected chi connectivity index (χ4v) is 2.69. The standard InChI is InChI=1S/C16H18N2O2/c1-18(10-14-6-4-8-20-14)16-13(11-19)9-12-5-2-3-7-15(12)17-16/h2-3,5,7,9,11,14H,4,6,8,10H2,1H3. The lowest BCUT2D eigenvalue weighted by atomic mass is 10.1. The van der Waals surface area contributed by atoms with Gasteiger partial charge in [0.05, 0.1) is 17.2 Å². The number of rotatable bonds is 4. The van der Waals surface area contributed by atoms with Crippen molar-refractivity contribution in [2.75, 3.05) is 25.1 Å². The maximum absolute atomic E-state index is 11.3. The summed E-state index contributed by atoms with van der Waals surface area (Å²) in [5.41, 5.74) is 1.54. The Morgan fingerprint density at radius 3 is 3.05 bits per heavy atom. The van der Waals surface area contributed by atoms with Crippen molar-refractivity contribution in [2.45, 2.75) is 18.9 Å². The van der Waals surface area contributed by atoms with Gasteiger partial charge in [0.2, 0.25) is 0 Å². The zero-order valence-electron chi connectivity index (χ0n) is 11.6. The number of hydrogen-bond acceptors (Lipinski definition) is 4. The Kier molecular flexibility index (Phi) is 3.65. The minimum atomic E-state index is 0.243. The quantitative estimate of drug-likeness (QED) is 0.801. The number of carbonyl (C=O) groups is 1. The van der Waals surface area contributed by atoms with E-state index < -0.39 is 0 Å². The molecule has 1 aliphatic heterocycles. The van der Waals surface area contributed by atoms with E-state index in [1.807, 2.05) is 42.3 Å². The van der Waals surface area contributed by atoms with E-state index in [1.54, 1.807) is 0 Å². The van der Waals surface area contributed by atoms with Gasteiger partial charge in [0.25, 0.3) is 0 Å². The highest BCUT2D eigenvalue weighted by Crippen LogP contribution is 2.23. The first-order valence-electron chi connectivity index (χ1n) is 6.95. The molecular formula is C16H18N2O2. The van der Waals surface area contributed by atoms with Crippen LogP contribution in [0.4, 0.5) is 5.82 Å². The van der Waals surface area contributed by atoms with Crippen LogP contribution in [0.5, 0.6) is 0 Å². The second-order valence-electron chi connectivity index (χ2n) is 5.23. The summed E-state index contributed by atoms with van der Waals surface area (Å²) in [5, 5.41) is 0.990. The van der Waals surface area contributed by atoms with Gasteiger partial charge in [-0.25, -0.2) is 4.98 Å². The summed E-state index contributed by atoms with van der Waals surface area (Å²) in [5.74, 6) is 0.731. The Hall–Kier alpha value is -1.94. The smallest absolute Gasteiger partial charge is 0.153 e. The summed E-state index contributed by atoms with van der Waals surface area (Å²) in [4.78, 5) is 18.0. The van der Waals surface area contributed by atoms with Crippen LogP contribution in [0.2, 0.25) is 0 Å². The summed E-state index contributed by atoms with van der Waals surface area (Å²) in [7, 11) is 1.96. The molecule has 2 aromatic rings. The van der Waals surface area contributed by atoms with E-state index in [2.05, 4.69) is 4.98 Å². The minimum Gasteiger partial charge on any atom is -0.376 e.